The first-order valence-corrected chi connectivity index (χ1v) is 7.24. The molecule has 0 atom stereocenters. The number of fused-ring (bicyclic) bond motifs is 1. The maximum Gasteiger partial charge on any atom is 0.153 e. The van der Waals surface area contributed by atoms with Crippen LogP contribution in [0.5, 0.6) is 0 Å². The lowest BCUT2D eigenvalue weighted by Crippen LogP contribution is -2.46. The molecule has 110 valence electrons. The van der Waals surface area contributed by atoms with Crippen molar-refractivity contribution in [2.45, 2.75) is 6.92 Å². The molecule has 2 heterocycles. The van der Waals surface area contributed by atoms with Gasteiger partial charge in [-0.25, -0.2) is 9.37 Å². The molecule has 3 rings (SSSR count). The number of aldehydes is 1. The number of aromatic nitrogens is 1. The van der Waals surface area contributed by atoms with E-state index in [0.717, 1.165) is 44.5 Å². The molecule has 1 fully saturated rings. The van der Waals surface area contributed by atoms with Crippen molar-refractivity contribution in [1.29, 1.82) is 0 Å². The molecule has 0 amide bonds. The van der Waals surface area contributed by atoms with Gasteiger partial charge < -0.3 is 9.80 Å². The number of benzene rings is 1. The second kappa shape index (κ2) is 5.77. The number of rotatable bonds is 3. The first-order valence-electron chi connectivity index (χ1n) is 7.24. The van der Waals surface area contributed by atoms with Gasteiger partial charge in [-0.05, 0) is 30.8 Å². The summed E-state index contributed by atoms with van der Waals surface area (Å²) in [6, 6.07) is 6.19. The molecule has 1 aliphatic rings. The van der Waals surface area contributed by atoms with Crippen LogP contribution >= 0.6 is 0 Å². The van der Waals surface area contributed by atoms with Crippen LogP contribution in [0.4, 0.5) is 10.2 Å². The Labute approximate surface area is 123 Å². The van der Waals surface area contributed by atoms with Gasteiger partial charge in [-0.1, -0.05) is 6.92 Å². The summed E-state index contributed by atoms with van der Waals surface area (Å²) in [7, 11) is 0. The van der Waals surface area contributed by atoms with E-state index < -0.39 is 0 Å². The van der Waals surface area contributed by atoms with Crippen molar-refractivity contribution in [3.05, 3.63) is 35.6 Å². The zero-order valence-electron chi connectivity index (χ0n) is 12.1. The lowest BCUT2D eigenvalue weighted by Gasteiger charge is -2.35. The van der Waals surface area contributed by atoms with E-state index in [2.05, 4.69) is 21.7 Å². The molecule has 1 aromatic heterocycles. The average Bonchev–Trinajstić information content (AvgIpc) is 2.53. The number of carbonyl (C=O) groups is 1. The lowest BCUT2D eigenvalue weighted by molar-refractivity contribution is 0.112. The molecule has 5 heteroatoms. The Hall–Kier alpha value is -2.01. The highest BCUT2D eigenvalue weighted by Crippen LogP contribution is 2.24. The van der Waals surface area contributed by atoms with E-state index in [1.807, 2.05) is 0 Å². The van der Waals surface area contributed by atoms with Gasteiger partial charge in [0.25, 0.3) is 0 Å². The molecule has 1 aromatic carbocycles. The number of carbonyl (C=O) groups excluding carboxylic acids is 1. The van der Waals surface area contributed by atoms with E-state index in [4.69, 9.17) is 0 Å². The number of piperazine rings is 1. The smallest absolute Gasteiger partial charge is 0.153 e. The Kier molecular flexibility index (Phi) is 3.84. The highest BCUT2D eigenvalue weighted by atomic mass is 19.1. The van der Waals surface area contributed by atoms with Crippen molar-refractivity contribution in [2.24, 2.45) is 0 Å². The number of nitrogens with zero attached hydrogens (tertiary/aromatic N) is 3. The van der Waals surface area contributed by atoms with Gasteiger partial charge in [0.15, 0.2) is 6.29 Å². The molecule has 0 unspecified atom stereocenters. The molecule has 0 N–H and O–H groups in total. The van der Waals surface area contributed by atoms with Crippen LogP contribution < -0.4 is 4.90 Å². The summed E-state index contributed by atoms with van der Waals surface area (Å²) >= 11 is 0. The van der Waals surface area contributed by atoms with Crippen LogP contribution in [0.25, 0.3) is 10.9 Å². The summed E-state index contributed by atoms with van der Waals surface area (Å²) in [5.41, 5.74) is 1.24. The van der Waals surface area contributed by atoms with Crippen LogP contribution in [0.1, 0.15) is 17.3 Å². The van der Waals surface area contributed by atoms with Crippen molar-refractivity contribution < 1.29 is 9.18 Å². The van der Waals surface area contributed by atoms with Crippen molar-refractivity contribution in [2.75, 3.05) is 37.6 Å². The minimum absolute atomic E-state index is 0.314. The summed E-state index contributed by atoms with van der Waals surface area (Å²) < 4.78 is 13.3. The lowest BCUT2D eigenvalue weighted by atomic mass is 10.1. The van der Waals surface area contributed by atoms with Gasteiger partial charge in [0.05, 0.1) is 11.1 Å². The summed E-state index contributed by atoms with van der Waals surface area (Å²) in [6.07, 6.45) is 0.804. The second-order valence-corrected chi connectivity index (χ2v) is 5.28. The van der Waals surface area contributed by atoms with Crippen LogP contribution in [0.3, 0.4) is 0 Å². The van der Waals surface area contributed by atoms with Gasteiger partial charge in [-0.2, -0.15) is 0 Å². The van der Waals surface area contributed by atoms with E-state index in [-0.39, 0.29) is 5.82 Å². The van der Waals surface area contributed by atoms with Gasteiger partial charge in [0.2, 0.25) is 0 Å². The van der Waals surface area contributed by atoms with Gasteiger partial charge in [0, 0.05) is 31.6 Å². The van der Waals surface area contributed by atoms with Crippen LogP contribution in [0.2, 0.25) is 0 Å². The predicted octanol–water partition coefficient (Wildman–Crippen LogP) is 2.33. The van der Waals surface area contributed by atoms with Crippen molar-refractivity contribution in [3.63, 3.8) is 0 Å². The zero-order valence-corrected chi connectivity index (χ0v) is 12.1. The SMILES string of the molecule is CCN1CCN(c2nc3ccc(F)cc3cc2C=O)CC1. The van der Waals surface area contributed by atoms with Crippen molar-refractivity contribution >= 4 is 23.0 Å². The summed E-state index contributed by atoms with van der Waals surface area (Å²) in [6.45, 7) is 6.84. The topological polar surface area (TPSA) is 36.4 Å². The Morgan fingerprint density at radius 1 is 1.24 bits per heavy atom. The molecule has 1 saturated heterocycles. The van der Waals surface area contributed by atoms with E-state index >= 15 is 0 Å². The Morgan fingerprint density at radius 2 is 2.00 bits per heavy atom. The quantitative estimate of drug-likeness (QED) is 0.812. The molecule has 0 bridgehead atoms. The minimum atomic E-state index is -0.314. The molecule has 0 radical (unpaired) electrons. The van der Waals surface area contributed by atoms with Crippen LogP contribution in [-0.4, -0.2) is 48.9 Å². The monoisotopic (exact) mass is 287 g/mol. The van der Waals surface area contributed by atoms with Crippen LogP contribution in [-0.2, 0) is 0 Å². The fraction of sp³-hybridized carbons (Fsp3) is 0.375. The van der Waals surface area contributed by atoms with E-state index in [1.165, 1.54) is 12.1 Å². The maximum absolute atomic E-state index is 13.3. The summed E-state index contributed by atoms with van der Waals surface area (Å²) in [5, 5.41) is 0.660. The standard InChI is InChI=1S/C16H18FN3O/c1-2-19-5-7-20(8-6-19)16-13(11-21)9-12-10-14(17)3-4-15(12)18-16/h3-4,9-11H,2,5-8H2,1H3. The number of likely N-dealkylation sites (N-methyl/N-ethyl adjacent to an activating group) is 1. The third-order valence-electron chi connectivity index (χ3n) is 4.03. The van der Waals surface area contributed by atoms with Gasteiger partial charge >= 0.3 is 0 Å². The van der Waals surface area contributed by atoms with E-state index in [0.29, 0.717) is 16.8 Å². The average molecular weight is 287 g/mol. The molecular formula is C16H18FN3O. The third kappa shape index (κ3) is 2.74. The van der Waals surface area contributed by atoms with E-state index in [1.54, 1.807) is 12.1 Å². The Morgan fingerprint density at radius 3 is 2.67 bits per heavy atom. The molecule has 21 heavy (non-hydrogen) atoms. The molecule has 0 aliphatic carbocycles. The molecule has 0 spiro atoms. The van der Waals surface area contributed by atoms with Gasteiger partial charge in [-0.3, -0.25) is 4.79 Å². The first kappa shape index (κ1) is 13.9. The summed E-state index contributed by atoms with van der Waals surface area (Å²) in [5.74, 6) is 0.394. The second-order valence-electron chi connectivity index (χ2n) is 5.28. The van der Waals surface area contributed by atoms with Gasteiger partial charge in [-0.15, -0.1) is 0 Å². The normalized spacial score (nSPS) is 16.4. The first-order chi connectivity index (χ1) is 10.2. The fourth-order valence-corrected chi connectivity index (χ4v) is 2.77. The van der Waals surface area contributed by atoms with Crippen molar-refractivity contribution in [3.8, 4) is 0 Å². The Bertz CT molecular complexity index is 666. The Balaban J connectivity index is 1.97. The van der Waals surface area contributed by atoms with E-state index in [9.17, 15) is 9.18 Å². The molecule has 0 saturated carbocycles. The number of hydrogen-bond acceptors (Lipinski definition) is 4. The maximum atomic E-state index is 13.3. The number of anilines is 1. The number of halogens is 1. The molecule has 4 nitrogen and oxygen atoms in total. The fourth-order valence-electron chi connectivity index (χ4n) is 2.77. The minimum Gasteiger partial charge on any atom is -0.353 e. The molecule has 1 aliphatic heterocycles. The third-order valence-corrected chi connectivity index (χ3v) is 4.03. The highest BCUT2D eigenvalue weighted by Gasteiger charge is 2.20. The summed E-state index contributed by atoms with van der Waals surface area (Å²) in [4.78, 5) is 20.4. The number of pyridine rings is 1. The van der Waals surface area contributed by atoms with Gasteiger partial charge in [0.1, 0.15) is 11.6 Å². The number of hydrogen-bond donors (Lipinski definition) is 0. The largest absolute Gasteiger partial charge is 0.353 e. The zero-order chi connectivity index (χ0) is 14.8. The molecule has 2 aromatic rings. The van der Waals surface area contributed by atoms with Crippen LogP contribution in [0, 0.1) is 5.82 Å². The van der Waals surface area contributed by atoms with Crippen molar-refractivity contribution in [1.82, 2.24) is 9.88 Å². The molecular weight excluding hydrogens is 269 g/mol. The predicted molar refractivity (Wildman–Crippen MR) is 81.4 cm³/mol. The van der Waals surface area contributed by atoms with Crippen LogP contribution in [0.15, 0.2) is 24.3 Å². The highest BCUT2D eigenvalue weighted by molar-refractivity contribution is 5.91.